The number of thiazole rings is 1. The van der Waals surface area contributed by atoms with Crippen LogP contribution in [-0.4, -0.2) is 62.2 Å². The molecule has 0 aliphatic carbocycles. The molecule has 1 amide bonds. The molecule has 5 aromatic rings. The van der Waals surface area contributed by atoms with Crippen LogP contribution in [-0.2, 0) is 0 Å². The first-order valence-corrected chi connectivity index (χ1v) is 13.1. The predicted molar refractivity (Wildman–Crippen MR) is 147 cm³/mol. The second kappa shape index (κ2) is 9.84. The molecule has 8 nitrogen and oxygen atoms in total. The molecule has 0 bridgehead atoms. The smallest absolute Gasteiger partial charge is 0.349 e. The SMILES string of the molecule is COc1ccc2nc(N3CCN(CCNC(=O)c4cc5c(ccc6ccccc65)oc4=O)CC3)sc2c1. The molecule has 0 atom stereocenters. The highest BCUT2D eigenvalue weighted by atomic mass is 32.1. The molecule has 0 radical (unpaired) electrons. The minimum Gasteiger partial charge on any atom is -0.497 e. The molecule has 1 aliphatic heterocycles. The lowest BCUT2D eigenvalue weighted by atomic mass is 10.0. The molecular weight excluding hydrogens is 488 g/mol. The Hall–Kier alpha value is -3.95. The first kappa shape index (κ1) is 23.4. The van der Waals surface area contributed by atoms with Gasteiger partial charge in [0.1, 0.15) is 16.9 Å². The van der Waals surface area contributed by atoms with E-state index in [1.165, 1.54) is 0 Å². The maximum atomic E-state index is 12.8. The zero-order chi connectivity index (χ0) is 25.4. The fourth-order valence-electron chi connectivity index (χ4n) is 4.77. The lowest BCUT2D eigenvalue weighted by Crippen LogP contribution is -2.48. The Morgan fingerprint density at radius 2 is 1.89 bits per heavy atom. The van der Waals surface area contributed by atoms with Crippen LogP contribution in [0, 0.1) is 0 Å². The summed E-state index contributed by atoms with van der Waals surface area (Å²) in [5.41, 5.74) is 0.867. The Kier molecular flexibility index (Phi) is 6.23. The van der Waals surface area contributed by atoms with Crippen LogP contribution >= 0.6 is 11.3 Å². The van der Waals surface area contributed by atoms with Crippen molar-refractivity contribution in [3.05, 3.63) is 76.6 Å². The molecule has 0 unspecified atom stereocenters. The van der Waals surface area contributed by atoms with E-state index in [0.29, 0.717) is 18.7 Å². The second-order valence-corrected chi connectivity index (χ2v) is 10.1. The quantitative estimate of drug-likeness (QED) is 0.269. The number of carbonyl (C=O) groups is 1. The molecule has 0 spiro atoms. The number of nitrogens with one attached hydrogen (secondary N) is 1. The topological polar surface area (TPSA) is 87.9 Å². The van der Waals surface area contributed by atoms with Gasteiger partial charge in [-0.05, 0) is 41.1 Å². The standard InChI is InChI=1S/C28H26N4O4S/c1-35-19-7-8-23-25(16-19)37-28(30-23)32-14-12-31(13-15-32)11-10-29-26(33)22-17-21-20-5-3-2-4-18(20)6-9-24(21)36-27(22)34/h2-9,16-17H,10-15H2,1H3,(H,29,33). The number of rotatable bonds is 6. The van der Waals surface area contributed by atoms with Crippen LogP contribution in [0.15, 0.2) is 69.9 Å². The second-order valence-electron chi connectivity index (χ2n) is 9.06. The summed E-state index contributed by atoms with van der Waals surface area (Å²) in [6, 6.07) is 19.1. The van der Waals surface area contributed by atoms with E-state index < -0.39 is 11.5 Å². The van der Waals surface area contributed by atoms with E-state index in [1.54, 1.807) is 30.6 Å². The number of hydrogen-bond donors (Lipinski definition) is 1. The van der Waals surface area contributed by atoms with Crippen LogP contribution < -0.4 is 20.6 Å². The number of ether oxygens (including phenoxy) is 1. The first-order chi connectivity index (χ1) is 18.1. The highest BCUT2D eigenvalue weighted by Gasteiger charge is 2.21. The zero-order valence-electron chi connectivity index (χ0n) is 20.4. The van der Waals surface area contributed by atoms with Gasteiger partial charge in [-0.2, -0.15) is 0 Å². The molecule has 188 valence electrons. The molecule has 1 aliphatic rings. The van der Waals surface area contributed by atoms with Gasteiger partial charge in [0.2, 0.25) is 0 Å². The summed E-state index contributed by atoms with van der Waals surface area (Å²) in [7, 11) is 1.67. The molecule has 2 aromatic heterocycles. The van der Waals surface area contributed by atoms with Gasteiger partial charge in [-0.1, -0.05) is 41.7 Å². The maximum absolute atomic E-state index is 12.8. The molecule has 1 saturated heterocycles. The molecule has 9 heteroatoms. The Morgan fingerprint density at radius 3 is 2.73 bits per heavy atom. The lowest BCUT2D eigenvalue weighted by molar-refractivity contribution is 0.0944. The highest BCUT2D eigenvalue weighted by Crippen LogP contribution is 2.32. The van der Waals surface area contributed by atoms with Crippen molar-refractivity contribution in [1.82, 2.24) is 15.2 Å². The van der Waals surface area contributed by atoms with Crippen molar-refractivity contribution < 1.29 is 13.9 Å². The van der Waals surface area contributed by atoms with Gasteiger partial charge in [0.05, 0.1) is 17.3 Å². The molecule has 1 N–H and O–H groups in total. The Morgan fingerprint density at radius 1 is 1.05 bits per heavy atom. The molecule has 37 heavy (non-hydrogen) atoms. The number of fused-ring (bicyclic) bond motifs is 4. The molecule has 6 rings (SSSR count). The fourth-order valence-corrected chi connectivity index (χ4v) is 5.82. The maximum Gasteiger partial charge on any atom is 0.349 e. The summed E-state index contributed by atoms with van der Waals surface area (Å²) in [4.78, 5) is 34.7. The normalized spacial score (nSPS) is 14.5. The van der Waals surface area contributed by atoms with Crippen LogP contribution in [0.5, 0.6) is 5.75 Å². The fraction of sp³-hybridized carbons (Fsp3) is 0.250. The number of nitrogens with zero attached hydrogens (tertiary/aromatic N) is 3. The first-order valence-electron chi connectivity index (χ1n) is 12.2. The third-order valence-electron chi connectivity index (χ3n) is 6.83. The van der Waals surface area contributed by atoms with E-state index in [0.717, 1.165) is 63.4 Å². The summed E-state index contributed by atoms with van der Waals surface area (Å²) in [5, 5.41) is 6.65. The van der Waals surface area contributed by atoms with Gasteiger partial charge in [-0.15, -0.1) is 0 Å². The highest BCUT2D eigenvalue weighted by molar-refractivity contribution is 7.22. The number of aromatic nitrogens is 1. The van der Waals surface area contributed by atoms with Crippen LogP contribution in [0.2, 0.25) is 0 Å². The minimum atomic E-state index is -0.623. The van der Waals surface area contributed by atoms with Crippen LogP contribution in [0.1, 0.15) is 10.4 Å². The van der Waals surface area contributed by atoms with Crippen molar-refractivity contribution in [1.29, 1.82) is 0 Å². The number of methoxy groups -OCH3 is 1. The van der Waals surface area contributed by atoms with Crippen molar-refractivity contribution in [2.45, 2.75) is 0 Å². The van der Waals surface area contributed by atoms with Crippen molar-refractivity contribution in [2.24, 2.45) is 0 Å². The third kappa shape index (κ3) is 4.63. The van der Waals surface area contributed by atoms with E-state index in [-0.39, 0.29) is 5.56 Å². The van der Waals surface area contributed by atoms with Gasteiger partial charge in [0.25, 0.3) is 5.91 Å². The zero-order valence-corrected chi connectivity index (χ0v) is 21.2. The molecular formula is C28H26N4O4S. The molecule has 3 aromatic carbocycles. The number of piperazine rings is 1. The van der Waals surface area contributed by atoms with Gasteiger partial charge in [-0.25, -0.2) is 9.78 Å². The van der Waals surface area contributed by atoms with Crippen LogP contribution in [0.4, 0.5) is 5.13 Å². The Bertz CT molecular complexity index is 1670. The summed E-state index contributed by atoms with van der Waals surface area (Å²) in [6.07, 6.45) is 0. The number of benzene rings is 3. The van der Waals surface area contributed by atoms with Crippen molar-refractivity contribution in [2.75, 3.05) is 51.3 Å². The average Bonchev–Trinajstić information content (AvgIpc) is 3.36. The van der Waals surface area contributed by atoms with Gasteiger partial charge in [0.15, 0.2) is 5.13 Å². The van der Waals surface area contributed by atoms with E-state index in [4.69, 9.17) is 14.1 Å². The number of hydrogen-bond acceptors (Lipinski definition) is 8. The molecule has 1 fully saturated rings. The summed E-state index contributed by atoms with van der Waals surface area (Å²) in [6.45, 7) is 4.64. The number of anilines is 1. The predicted octanol–water partition coefficient (Wildman–Crippen LogP) is 4.12. The summed E-state index contributed by atoms with van der Waals surface area (Å²) < 4.78 is 11.9. The van der Waals surface area contributed by atoms with E-state index >= 15 is 0 Å². The molecule has 3 heterocycles. The summed E-state index contributed by atoms with van der Waals surface area (Å²) in [5.74, 6) is 0.427. The average molecular weight is 515 g/mol. The van der Waals surface area contributed by atoms with Crippen molar-refractivity contribution >= 4 is 54.3 Å². The minimum absolute atomic E-state index is 0.0288. The van der Waals surface area contributed by atoms with Gasteiger partial charge in [-0.3, -0.25) is 9.69 Å². The van der Waals surface area contributed by atoms with Crippen molar-refractivity contribution in [3.8, 4) is 5.75 Å². The monoisotopic (exact) mass is 514 g/mol. The Labute approximate surface area is 217 Å². The van der Waals surface area contributed by atoms with Crippen LogP contribution in [0.25, 0.3) is 32.0 Å². The van der Waals surface area contributed by atoms with Gasteiger partial charge >= 0.3 is 5.63 Å². The largest absolute Gasteiger partial charge is 0.497 e. The number of amides is 1. The van der Waals surface area contributed by atoms with Gasteiger partial charge in [0, 0.05) is 44.7 Å². The van der Waals surface area contributed by atoms with E-state index in [1.807, 2.05) is 48.5 Å². The lowest BCUT2D eigenvalue weighted by Gasteiger charge is -2.34. The molecule has 0 saturated carbocycles. The van der Waals surface area contributed by atoms with Gasteiger partial charge < -0.3 is 19.4 Å². The summed E-state index contributed by atoms with van der Waals surface area (Å²) >= 11 is 1.68. The van der Waals surface area contributed by atoms with Crippen LogP contribution in [0.3, 0.4) is 0 Å². The number of carbonyl (C=O) groups excluding carboxylic acids is 1. The van der Waals surface area contributed by atoms with E-state index in [9.17, 15) is 9.59 Å². The Balaban J connectivity index is 1.06. The van der Waals surface area contributed by atoms with E-state index in [2.05, 4.69) is 15.1 Å². The third-order valence-corrected chi connectivity index (χ3v) is 7.91. The van der Waals surface area contributed by atoms with Crippen molar-refractivity contribution in [3.63, 3.8) is 0 Å².